The molecule has 0 saturated heterocycles. The maximum atomic E-state index is 11.9. The minimum absolute atomic E-state index is 0.0413. The van der Waals surface area contributed by atoms with Crippen molar-refractivity contribution in [1.82, 2.24) is 0 Å². The molecule has 1 radical (unpaired) electrons. The van der Waals surface area contributed by atoms with Crippen LogP contribution >= 0.6 is 0 Å². The van der Waals surface area contributed by atoms with E-state index >= 15 is 0 Å². The molecular formula is C13H9O2. The predicted octanol–water partition coefficient (Wildman–Crippen LogP) is 2.42. The Labute approximate surface area is 87.8 Å². The summed E-state index contributed by atoms with van der Waals surface area (Å²) in [6, 6.07) is 16.1. The minimum Gasteiger partial charge on any atom is -0.507 e. The molecule has 1 N–H and O–H groups in total. The molecule has 0 aliphatic carbocycles. The number of phenolic OH excluding ortho intramolecular Hbond substituents is 1. The number of benzene rings is 2. The highest BCUT2D eigenvalue weighted by molar-refractivity contribution is 6.08. The van der Waals surface area contributed by atoms with E-state index in [4.69, 9.17) is 5.11 Å². The molecule has 0 aliphatic heterocycles. The van der Waals surface area contributed by atoms with E-state index in [0.29, 0.717) is 11.1 Å². The van der Waals surface area contributed by atoms with E-state index in [-0.39, 0.29) is 11.5 Å². The van der Waals surface area contributed by atoms with Crippen molar-refractivity contribution in [3.8, 4) is 5.75 Å². The molecule has 73 valence electrons. The fraction of sp³-hybridized carbons (Fsp3) is 0. The highest BCUT2D eigenvalue weighted by atomic mass is 16.3. The fourth-order valence-corrected chi connectivity index (χ4v) is 1.31. The smallest absolute Gasteiger partial charge is 0.193 e. The van der Waals surface area contributed by atoms with Crippen LogP contribution in [0.4, 0.5) is 0 Å². The van der Waals surface area contributed by atoms with Crippen LogP contribution in [-0.2, 0) is 0 Å². The van der Waals surface area contributed by atoms with E-state index in [1.54, 1.807) is 18.2 Å². The molecule has 0 fully saturated rings. The van der Waals surface area contributed by atoms with E-state index in [0.717, 1.165) is 0 Å². The number of carbonyl (C=O) groups is 1. The second-order valence-electron chi connectivity index (χ2n) is 3.16. The maximum Gasteiger partial charge on any atom is 0.193 e. The van der Waals surface area contributed by atoms with Gasteiger partial charge in [0.1, 0.15) is 5.75 Å². The Hall–Kier alpha value is -2.09. The van der Waals surface area contributed by atoms with Crippen LogP contribution in [0.5, 0.6) is 5.75 Å². The topological polar surface area (TPSA) is 37.3 Å². The van der Waals surface area contributed by atoms with Crippen LogP contribution in [0, 0.1) is 6.07 Å². The number of aromatic hydroxyl groups is 1. The van der Waals surface area contributed by atoms with Crippen LogP contribution in [0.15, 0.2) is 48.5 Å². The first kappa shape index (κ1) is 9.46. The van der Waals surface area contributed by atoms with E-state index < -0.39 is 0 Å². The largest absolute Gasteiger partial charge is 0.507 e. The van der Waals surface area contributed by atoms with Gasteiger partial charge in [-0.1, -0.05) is 30.3 Å². The van der Waals surface area contributed by atoms with E-state index in [1.165, 1.54) is 12.1 Å². The molecule has 0 bridgehead atoms. The molecule has 0 atom stereocenters. The van der Waals surface area contributed by atoms with Gasteiger partial charge in [0.25, 0.3) is 0 Å². The lowest BCUT2D eigenvalue weighted by Gasteiger charge is -2.00. The summed E-state index contributed by atoms with van der Waals surface area (Å²) in [6.45, 7) is 0. The molecule has 0 unspecified atom stereocenters. The second-order valence-corrected chi connectivity index (χ2v) is 3.16. The zero-order valence-corrected chi connectivity index (χ0v) is 7.97. The van der Waals surface area contributed by atoms with Crippen LogP contribution in [-0.4, -0.2) is 10.9 Å². The summed E-state index contributed by atoms with van der Waals surface area (Å²) < 4.78 is 0. The number of ketones is 1. The second kappa shape index (κ2) is 3.96. The fourth-order valence-electron chi connectivity index (χ4n) is 1.31. The molecule has 0 aliphatic rings. The number of hydrogen-bond acceptors (Lipinski definition) is 2. The third-order valence-electron chi connectivity index (χ3n) is 2.09. The molecular weight excluding hydrogens is 188 g/mol. The Bertz CT molecular complexity index is 458. The molecule has 2 rings (SSSR count). The third-order valence-corrected chi connectivity index (χ3v) is 2.09. The van der Waals surface area contributed by atoms with Gasteiger partial charge < -0.3 is 5.11 Å². The predicted molar refractivity (Wildman–Crippen MR) is 56.8 cm³/mol. The van der Waals surface area contributed by atoms with Crippen molar-refractivity contribution in [2.24, 2.45) is 0 Å². The molecule has 0 spiro atoms. The molecule has 0 heterocycles. The standard InChI is InChI=1S/C13H9O2/c14-12-8-6-11(7-9-12)13(15)10-4-2-1-3-5-10/h1-8,14H. The number of carbonyl (C=O) groups excluding carboxylic acids is 1. The van der Waals surface area contributed by atoms with Crippen LogP contribution in [0.1, 0.15) is 15.9 Å². The summed E-state index contributed by atoms with van der Waals surface area (Å²) in [4.78, 5) is 11.9. The first-order valence-corrected chi connectivity index (χ1v) is 4.58. The van der Waals surface area contributed by atoms with Crippen LogP contribution in [0.2, 0.25) is 0 Å². The van der Waals surface area contributed by atoms with E-state index in [1.807, 2.05) is 18.2 Å². The molecule has 2 heteroatoms. The molecule has 15 heavy (non-hydrogen) atoms. The molecule has 2 aromatic rings. The Morgan fingerprint density at radius 1 is 1.00 bits per heavy atom. The molecule has 2 aromatic carbocycles. The average Bonchev–Trinajstić information content (AvgIpc) is 2.30. The van der Waals surface area contributed by atoms with Crippen molar-refractivity contribution in [3.63, 3.8) is 0 Å². The van der Waals surface area contributed by atoms with Gasteiger partial charge in [0.05, 0.1) is 0 Å². The van der Waals surface area contributed by atoms with Gasteiger partial charge in [0.2, 0.25) is 0 Å². The maximum absolute atomic E-state index is 11.9. The number of hydrogen-bond donors (Lipinski definition) is 1. The van der Waals surface area contributed by atoms with Crippen LogP contribution in [0.3, 0.4) is 0 Å². The van der Waals surface area contributed by atoms with Gasteiger partial charge in [-0.25, -0.2) is 0 Å². The zero-order valence-electron chi connectivity index (χ0n) is 7.97. The highest BCUT2D eigenvalue weighted by Gasteiger charge is 2.07. The Kier molecular flexibility index (Phi) is 2.50. The Morgan fingerprint density at radius 3 is 2.33 bits per heavy atom. The lowest BCUT2D eigenvalue weighted by Crippen LogP contribution is -2.00. The third kappa shape index (κ3) is 2.05. The first-order valence-electron chi connectivity index (χ1n) is 4.58. The average molecular weight is 197 g/mol. The summed E-state index contributed by atoms with van der Waals surface area (Å²) in [5.74, 6) is -0.0218. The summed E-state index contributed by atoms with van der Waals surface area (Å²) in [6.07, 6.45) is 0. The van der Waals surface area contributed by atoms with Crippen molar-refractivity contribution in [2.75, 3.05) is 0 Å². The van der Waals surface area contributed by atoms with Gasteiger partial charge in [0.15, 0.2) is 5.78 Å². The van der Waals surface area contributed by atoms with Gasteiger partial charge in [-0.3, -0.25) is 4.79 Å². The summed E-state index contributed by atoms with van der Waals surface area (Å²) >= 11 is 0. The van der Waals surface area contributed by atoms with Crippen LogP contribution < -0.4 is 0 Å². The lowest BCUT2D eigenvalue weighted by atomic mass is 10.0. The monoisotopic (exact) mass is 197 g/mol. The van der Waals surface area contributed by atoms with Gasteiger partial charge in [-0.2, -0.15) is 0 Å². The van der Waals surface area contributed by atoms with Gasteiger partial charge >= 0.3 is 0 Å². The van der Waals surface area contributed by atoms with Crippen molar-refractivity contribution >= 4 is 5.78 Å². The first-order chi connectivity index (χ1) is 7.27. The van der Waals surface area contributed by atoms with E-state index in [9.17, 15) is 4.79 Å². The zero-order chi connectivity index (χ0) is 10.7. The molecule has 0 amide bonds. The lowest BCUT2D eigenvalue weighted by molar-refractivity contribution is 0.103. The summed E-state index contributed by atoms with van der Waals surface area (Å²) in [7, 11) is 0. The summed E-state index contributed by atoms with van der Waals surface area (Å²) in [5.41, 5.74) is 1.16. The highest BCUT2D eigenvalue weighted by Crippen LogP contribution is 2.13. The molecule has 2 nitrogen and oxygen atoms in total. The Morgan fingerprint density at radius 2 is 1.73 bits per heavy atom. The molecule has 0 saturated carbocycles. The van der Waals surface area contributed by atoms with E-state index in [2.05, 4.69) is 6.07 Å². The minimum atomic E-state index is -0.0631. The number of rotatable bonds is 2. The van der Waals surface area contributed by atoms with Gasteiger partial charge in [-0.05, 0) is 18.2 Å². The number of phenols is 1. The van der Waals surface area contributed by atoms with Crippen molar-refractivity contribution in [2.45, 2.75) is 0 Å². The van der Waals surface area contributed by atoms with Crippen molar-refractivity contribution in [1.29, 1.82) is 0 Å². The normalized spacial score (nSPS) is 9.87. The van der Waals surface area contributed by atoms with Crippen molar-refractivity contribution in [3.05, 3.63) is 65.7 Å². The van der Waals surface area contributed by atoms with Gasteiger partial charge in [0, 0.05) is 17.2 Å². The van der Waals surface area contributed by atoms with Gasteiger partial charge in [-0.15, -0.1) is 0 Å². The quantitative estimate of drug-likeness (QED) is 0.751. The summed E-state index contributed by atoms with van der Waals surface area (Å²) in [5, 5.41) is 9.04. The molecule has 0 aromatic heterocycles. The van der Waals surface area contributed by atoms with Crippen molar-refractivity contribution < 1.29 is 9.90 Å². The SMILES string of the molecule is O=C(c1c[c]c(O)cc1)c1ccccc1. The Balaban J connectivity index is 2.33. The van der Waals surface area contributed by atoms with Crippen LogP contribution in [0.25, 0.3) is 0 Å².